The van der Waals surface area contributed by atoms with Crippen LogP contribution >= 0.6 is 0 Å². The van der Waals surface area contributed by atoms with E-state index in [-0.39, 0.29) is 6.61 Å². The Morgan fingerprint density at radius 2 is 2.06 bits per heavy atom. The fourth-order valence-corrected chi connectivity index (χ4v) is 2.64. The number of hydrogen-bond donors (Lipinski definition) is 1. The van der Waals surface area contributed by atoms with Crippen LogP contribution in [-0.2, 0) is 0 Å². The van der Waals surface area contributed by atoms with Crippen molar-refractivity contribution in [1.82, 2.24) is 4.98 Å². The molecule has 94 valence electrons. The summed E-state index contributed by atoms with van der Waals surface area (Å²) in [7, 11) is 0. The minimum atomic E-state index is 0.202. The Bertz CT molecular complexity index is 532. The molecule has 1 aliphatic carbocycles. The van der Waals surface area contributed by atoms with Gasteiger partial charge >= 0.3 is 0 Å². The maximum Gasteiger partial charge on any atom is 0.0722 e. The van der Waals surface area contributed by atoms with E-state index in [0.717, 1.165) is 5.52 Å². The molecule has 1 fully saturated rings. The van der Waals surface area contributed by atoms with Crippen molar-refractivity contribution in [3.05, 3.63) is 36.5 Å². The summed E-state index contributed by atoms with van der Waals surface area (Å²) in [6, 6.07) is 10.9. The maximum absolute atomic E-state index is 9.28. The molecular formula is C15H18N2O. The summed E-state index contributed by atoms with van der Waals surface area (Å²) in [5.41, 5.74) is 2.23. The Hall–Kier alpha value is -1.61. The number of hydrogen-bond acceptors (Lipinski definition) is 3. The third-order valence-electron chi connectivity index (χ3n) is 3.79. The third-order valence-corrected chi connectivity index (χ3v) is 3.79. The number of anilines is 1. The van der Waals surface area contributed by atoms with Crippen molar-refractivity contribution in [2.24, 2.45) is 0 Å². The zero-order chi connectivity index (χ0) is 12.4. The lowest BCUT2D eigenvalue weighted by Gasteiger charge is -2.39. The minimum Gasteiger partial charge on any atom is -0.395 e. The lowest BCUT2D eigenvalue weighted by Crippen LogP contribution is -2.42. The van der Waals surface area contributed by atoms with Crippen LogP contribution in [0.3, 0.4) is 0 Å². The number of pyridine rings is 1. The highest BCUT2D eigenvalue weighted by molar-refractivity contribution is 5.91. The summed E-state index contributed by atoms with van der Waals surface area (Å²) in [6.07, 6.45) is 5.63. The maximum atomic E-state index is 9.28. The second-order valence-electron chi connectivity index (χ2n) is 4.85. The number of para-hydroxylation sites is 1. The standard InChI is InChI=1S/C15H18N2O/c18-11-10-17(12-4-3-5-12)15-8-9-16-14-7-2-1-6-13(14)15/h1-2,6-9,12,18H,3-5,10-11H2. The number of aliphatic hydroxyl groups is 1. The Balaban J connectivity index is 2.04. The molecule has 18 heavy (non-hydrogen) atoms. The molecule has 1 N–H and O–H groups in total. The molecule has 0 amide bonds. The van der Waals surface area contributed by atoms with Crippen molar-refractivity contribution in [2.75, 3.05) is 18.1 Å². The van der Waals surface area contributed by atoms with Crippen LogP contribution in [0.15, 0.2) is 36.5 Å². The summed E-state index contributed by atoms with van der Waals surface area (Å²) < 4.78 is 0. The molecule has 1 heterocycles. The topological polar surface area (TPSA) is 36.4 Å². The zero-order valence-corrected chi connectivity index (χ0v) is 10.4. The minimum absolute atomic E-state index is 0.202. The van der Waals surface area contributed by atoms with Gasteiger partial charge in [0.1, 0.15) is 0 Å². The molecule has 3 heteroatoms. The normalized spacial score (nSPS) is 15.6. The SMILES string of the molecule is OCCN(c1ccnc2ccccc12)C1CCC1. The molecular weight excluding hydrogens is 224 g/mol. The van der Waals surface area contributed by atoms with Crippen LogP contribution in [0.4, 0.5) is 5.69 Å². The molecule has 1 aromatic heterocycles. The molecule has 0 spiro atoms. The van der Waals surface area contributed by atoms with E-state index in [2.05, 4.69) is 22.0 Å². The Morgan fingerprint density at radius 3 is 2.78 bits per heavy atom. The van der Waals surface area contributed by atoms with Gasteiger partial charge in [0.2, 0.25) is 0 Å². The van der Waals surface area contributed by atoms with E-state index in [1.165, 1.54) is 30.3 Å². The van der Waals surface area contributed by atoms with E-state index < -0.39 is 0 Å². The smallest absolute Gasteiger partial charge is 0.0722 e. The van der Waals surface area contributed by atoms with Crippen LogP contribution in [0.2, 0.25) is 0 Å². The van der Waals surface area contributed by atoms with Crippen molar-refractivity contribution in [3.63, 3.8) is 0 Å². The molecule has 0 saturated heterocycles. The number of aliphatic hydroxyl groups excluding tert-OH is 1. The Morgan fingerprint density at radius 1 is 1.22 bits per heavy atom. The van der Waals surface area contributed by atoms with Gasteiger partial charge in [-0.2, -0.15) is 0 Å². The largest absolute Gasteiger partial charge is 0.395 e. The quantitative estimate of drug-likeness (QED) is 0.895. The van der Waals surface area contributed by atoms with Crippen LogP contribution in [-0.4, -0.2) is 29.3 Å². The molecule has 1 aromatic carbocycles. The van der Waals surface area contributed by atoms with E-state index in [0.29, 0.717) is 12.6 Å². The van der Waals surface area contributed by atoms with Crippen molar-refractivity contribution in [2.45, 2.75) is 25.3 Å². The van der Waals surface area contributed by atoms with Gasteiger partial charge in [0.05, 0.1) is 12.1 Å². The van der Waals surface area contributed by atoms with Gasteiger partial charge in [-0.25, -0.2) is 0 Å². The van der Waals surface area contributed by atoms with Gasteiger partial charge < -0.3 is 10.0 Å². The number of aromatic nitrogens is 1. The molecule has 3 rings (SSSR count). The van der Waals surface area contributed by atoms with Crippen LogP contribution in [0.25, 0.3) is 10.9 Å². The molecule has 0 aliphatic heterocycles. The Kier molecular flexibility index (Phi) is 3.15. The molecule has 0 radical (unpaired) electrons. The summed E-state index contributed by atoms with van der Waals surface area (Å²) >= 11 is 0. The average molecular weight is 242 g/mol. The van der Waals surface area contributed by atoms with Gasteiger partial charge in [0.15, 0.2) is 0 Å². The van der Waals surface area contributed by atoms with Crippen molar-refractivity contribution < 1.29 is 5.11 Å². The molecule has 0 unspecified atom stereocenters. The fraction of sp³-hybridized carbons (Fsp3) is 0.400. The first-order valence-electron chi connectivity index (χ1n) is 6.61. The predicted octanol–water partition coefficient (Wildman–Crippen LogP) is 2.59. The monoisotopic (exact) mass is 242 g/mol. The summed E-state index contributed by atoms with van der Waals surface area (Å²) in [5, 5.41) is 10.5. The summed E-state index contributed by atoms with van der Waals surface area (Å²) in [4.78, 5) is 6.74. The molecule has 2 aromatic rings. The van der Waals surface area contributed by atoms with Crippen molar-refractivity contribution in [3.8, 4) is 0 Å². The second-order valence-corrected chi connectivity index (χ2v) is 4.85. The van der Waals surface area contributed by atoms with Gasteiger partial charge in [-0.05, 0) is 31.4 Å². The van der Waals surface area contributed by atoms with Gasteiger partial charge in [0.25, 0.3) is 0 Å². The van der Waals surface area contributed by atoms with E-state index in [4.69, 9.17) is 0 Å². The second kappa shape index (κ2) is 4.94. The lowest BCUT2D eigenvalue weighted by molar-refractivity contribution is 0.284. The average Bonchev–Trinajstić information content (AvgIpc) is 2.35. The highest BCUT2D eigenvalue weighted by Crippen LogP contribution is 2.33. The van der Waals surface area contributed by atoms with E-state index in [1.807, 2.05) is 24.4 Å². The first-order chi connectivity index (χ1) is 8.90. The van der Waals surface area contributed by atoms with Gasteiger partial charge in [-0.3, -0.25) is 4.98 Å². The zero-order valence-electron chi connectivity index (χ0n) is 10.4. The lowest BCUT2D eigenvalue weighted by atomic mass is 9.90. The van der Waals surface area contributed by atoms with E-state index >= 15 is 0 Å². The molecule has 1 saturated carbocycles. The number of benzene rings is 1. The molecule has 1 aliphatic rings. The first-order valence-corrected chi connectivity index (χ1v) is 6.61. The van der Waals surface area contributed by atoms with Crippen LogP contribution in [0, 0.1) is 0 Å². The summed E-state index contributed by atoms with van der Waals surface area (Å²) in [5.74, 6) is 0. The van der Waals surface area contributed by atoms with E-state index in [1.54, 1.807) is 0 Å². The molecule has 0 bridgehead atoms. The molecule has 3 nitrogen and oxygen atoms in total. The van der Waals surface area contributed by atoms with Crippen molar-refractivity contribution in [1.29, 1.82) is 0 Å². The van der Waals surface area contributed by atoms with Crippen LogP contribution in [0.5, 0.6) is 0 Å². The van der Waals surface area contributed by atoms with E-state index in [9.17, 15) is 5.11 Å². The highest BCUT2D eigenvalue weighted by atomic mass is 16.3. The van der Waals surface area contributed by atoms with Gasteiger partial charge in [-0.15, -0.1) is 0 Å². The predicted molar refractivity (Wildman–Crippen MR) is 73.8 cm³/mol. The highest BCUT2D eigenvalue weighted by Gasteiger charge is 2.25. The van der Waals surface area contributed by atoms with Crippen LogP contribution < -0.4 is 4.90 Å². The van der Waals surface area contributed by atoms with Gasteiger partial charge in [-0.1, -0.05) is 18.2 Å². The fourth-order valence-electron chi connectivity index (χ4n) is 2.64. The Labute approximate surface area is 107 Å². The number of nitrogens with zero attached hydrogens (tertiary/aromatic N) is 2. The summed E-state index contributed by atoms with van der Waals surface area (Å²) in [6.45, 7) is 0.909. The third kappa shape index (κ3) is 1.95. The first kappa shape index (κ1) is 11.5. The number of rotatable bonds is 4. The number of fused-ring (bicyclic) bond motifs is 1. The van der Waals surface area contributed by atoms with Gasteiger partial charge in [0, 0.05) is 29.9 Å². The van der Waals surface area contributed by atoms with Crippen LogP contribution in [0.1, 0.15) is 19.3 Å². The van der Waals surface area contributed by atoms with Crippen molar-refractivity contribution >= 4 is 16.6 Å². The molecule has 0 atom stereocenters.